The second-order valence-electron chi connectivity index (χ2n) is 5.57. The molecule has 1 aliphatic heterocycles. The number of fused-ring (bicyclic) bond motifs is 1. The quantitative estimate of drug-likeness (QED) is 0.823. The number of hydrogen-bond acceptors (Lipinski definition) is 2. The standard InChI is InChI=1S/C15H18N2O2/c1-15(19)7-3-9-17(10-15)14(18)12-4-2-5-13-11(12)6-8-16-13/h2,4-6,8,16,19H,3,7,9-10H2,1H3. The number of aromatic amines is 1. The van der Waals surface area contributed by atoms with Crippen LogP contribution in [0, 0.1) is 0 Å². The van der Waals surface area contributed by atoms with Crippen LogP contribution in [-0.4, -0.2) is 39.6 Å². The second kappa shape index (κ2) is 4.38. The smallest absolute Gasteiger partial charge is 0.254 e. The topological polar surface area (TPSA) is 56.3 Å². The minimum Gasteiger partial charge on any atom is -0.388 e. The van der Waals surface area contributed by atoms with Crippen molar-refractivity contribution in [2.75, 3.05) is 13.1 Å². The van der Waals surface area contributed by atoms with Crippen LogP contribution in [0.4, 0.5) is 0 Å². The lowest BCUT2D eigenvalue weighted by molar-refractivity contribution is -0.0106. The van der Waals surface area contributed by atoms with E-state index in [9.17, 15) is 9.90 Å². The molecular weight excluding hydrogens is 240 g/mol. The van der Waals surface area contributed by atoms with Gasteiger partial charge in [0.15, 0.2) is 0 Å². The number of carbonyl (C=O) groups excluding carboxylic acids is 1. The first-order valence-electron chi connectivity index (χ1n) is 6.65. The summed E-state index contributed by atoms with van der Waals surface area (Å²) in [6.45, 7) is 2.92. The van der Waals surface area contributed by atoms with Gasteiger partial charge in [0.1, 0.15) is 0 Å². The van der Waals surface area contributed by atoms with Crippen LogP contribution in [0.1, 0.15) is 30.1 Å². The zero-order valence-electron chi connectivity index (χ0n) is 11.0. The summed E-state index contributed by atoms with van der Waals surface area (Å²) in [7, 11) is 0. The van der Waals surface area contributed by atoms with Crippen molar-refractivity contribution in [1.82, 2.24) is 9.88 Å². The van der Waals surface area contributed by atoms with E-state index in [2.05, 4.69) is 4.98 Å². The number of likely N-dealkylation sites (tertiary alicyclic amines) is 1. The highest BCUT2D eigenvalue weighted by molar-refractivity contribution is 6.06. The normalized spacial score (nSPS) is 23.8. The van der Waals surface area contributed by atoms with E-state index in [0.29, 0.717) is 12.1 Å². The maximum Gasteiger partial charge on any atom is 0.254 e. The van der Waals surface area contributed by atoms with Gasteiger partial charge in [-0.25, -0.2) is 0 Å². The Bertz CT molecular complexity index is 615. The highest BCUT2D eigenvalue weighted by Gasteiger charge is 2.31. The second-order valence-corrected chi connectivity index (χ2v) is 5.57. The third-order valence-electron chi connectivity index (χ3n) is 3.79. The van der Waals surface area contributed by atoms with Crippen LogP contribution in [0.25, 0.3) is 10.9 Å². The summed E-state index contributed by atoms with van der Waals surface area (Å²) >= 11 is 0. The Labute approximate surface area is 112 Å². The number of amides is 1. The lowest BCUT2D eigenvalue weighted by atomic mass is 9.94. The molecule has 1 atom stereocenters. The van der Waals surface area contributed by atoms with Gasteiger partial charge in [-0.1, -0.05) is 6.07 Å². The lowest BCUT2D eigenvalue weighted by Crippen LogP contribution is -2.48. The minimum absolute atomic E-state index is 0.00479. The highest BCUT2D eigenvalue weighted by atomic mass is 16.3. The summed E-state index contributed by atoms with van der Waals surface area (Å²) in [4.78, 5) is 17.5. The first-order valence-corrected chi connectivity index (χ1v) is 6.65. The predicted octanol–water partition coefficient (Wildman–Crippen LogP) is 2.15. The van der Waals surface area contributed by atoms with Crippen molar-refractivity contribution in [1.29, 1.82) is 0 Å². The largest absolute Gasteiger partial charge is 0.388 e. The minimum atomic E-state index is -0.764. The van der Waals surface area contributed by atoms with Crippen LogP contribution in [-0.2, 0) is 0 Å². The number of aromatic nitrogens is 1. The van der Waals surface area contributed by atoms with Gasteiger partial charge >= 0.3 is 0 Å². The monoisotopic (exact) mass is 258 g/mol. The Hall–Kier alpha value is -1.81. The van der Waals surface area contributed by atoms with Crippen molar-refractivity contribution in [3.8, 4) is 0 Å². The summed E-state index contributed by atoms with van der Waals surface area (Å²) in [5, 5.41) is 11.1. The van der Waals surface area contributed by atoms with Crippen LogP contribution >= 0.6 is 0 Å². The third kappa shape index (κ3) is 2.24. The van der Waals surface area contributed by atoms with Gasteiger partial charge in [0.2, 0.25) is 0 Å². The molecule has 2 aromatic rings. The van der Waals surface area contributed by atoms with Gasteiger partial charge in [0.05, 0.1) is 5.60 Å². The van der Waals surface area contributed by atoms with Gasteiger partial charge in [0.25, 0.3) is 5.91 Å². The maximum atomic E-state index is 12.6. The van der Waals surface area contributed by atoms with E-state index in [1.807, 2.05) is 30.5 Å². The molecule has 3 rings (SSSR count). The third-order valence-corrected chi connectivity index (χ3v) is 3.79. The van der Waals surface area contributed by atoms with Gasteiger partial charge in [-0.05, 0) is 38.0 Å². The number of nitrogens with zero attached hydrogens (tertiary/aromatic N) is 1. The van der Waals surface area contributed by atoms with Gasteiger partial charge in [-0.15, -0.1) is 0 Å². The summed E-state index contributed by atoms with van der Waals surface area (Å²) in [6, 6.07) is 7.61. The van der Waals surface area contributed by atoms with Crippen molar-refractivity contribution in [3.63, 3.8) is 0 Å². The number of rotatable bonds is 1. The van der Waals surface area contributed by atoms with E-state index in [4.69, 9.17) is 0 Å². The number of β-amino-alcohol motifs (C(OH)–C–C–N with tert-alkyl or cyclic N) is 1. The van der Waals surface area contributed by atoms with Crippen LogP contribution in [0.5, 0.6) is 0 Å². The van der Waals surface area contributed by atoms with E-state index in [0.717, 1.165) is 30.3 Å². The van der Waals surface area contributed by atoms with E-state index in [1.54, 1.807) is 11.8 Å². The number of piperidine rings is 1. The molecule has 1 aromatic carbocycles. The lowest BCUT2D eigenvalue weighted by Gasteiger charge is -2.37. The van der Waals surface area contributed by atoms with E-state index >= 15 is 0 Å². The average Bonchev–Trinajstić information content (AvgIpc) is 2.84. The van der Waals surface area contributed by atoms with Gasteiger partial charge in [-0.3, -0.25) is 4.79 Å². The maximum absolute atomic E-state index is 12.6. The van der Waals surface area contributed by atoms with Crippen molar-refractivity contribution >= 4 is 16.8 Å². The molecule has 4 heteroatoms. The van der Waals surface area contributed by atoms with E-state index in [1.165, 1.54) is 0 Å². The van der Waals surface area contributed by atoms with Crippen molar-refractivity contribution < 1.29 is 9.90 Å². The highest BCUT2D eigenvalue weighted by Crippen LogP contribution is 2.24. The molecule has 1 aromatic heterocycles. The molecule has 0 bridgehead atoms. The molecular formula is C15H18N2O2. The molecule has 1 aliphatic rings. The number of aliphatic hydroxyl groups is 1. The number of hydrogen-bond donors (Lipinski definition) is 2. The number of H-pyrrole nitrogens is 1. The Morgan fingerprint density at radius 1 is 1.42 bits per heavy atom. The van der Waals surface area contributed by atoms with Gasteiger partial charge in [0, 0.05) is 35.8 Å². The fraction of sp³-hybridized carbons (Fsp3) is 0.400. The SMILES string of the molecule is CC1(O)CCCN(C(=O)c2cccc3[nH]ccc23)C1. The first-order chi connectivity index (χ1) is 9.07. The van der Waals surface area contributed by atoms with Crippen LogP contribution in [0.2, 0.25) is 0 Å². The number of carbonyl (C=O) groups is 1. The molecule has 1 saturated heterocycles. The summed E-state index contributed by atoms with van der Waals surface area (Å²) in [5.74, 6) is 0.00479. The van der Waals surface area contributed by atoms with Crippen LogP contribution < -0.4 is 0 Å². The molecule has 1 fully saturated rings. The number of benzene rings is 1. The zero-order chi connectivity index (χ0) is 13.5. The number of nitrogens with one attached hydrogen (secondary N) is 1. The van der Waals surface area contributed by atoms with E-state index < -0.39 is 5.60 Å². The predicted molar refractivity (Wildman–Crippen MR) is 74.1 cm³/mol. The molecule has 1 amide bonds. The molecule has 2 heterocycles. The Kier molecular flexibility index (Phi) is 2.82. The summed E-state index contributed by atoms with van der Waals surface area (Å²) < 4.78 is 0. The molecule has 0 radical (unpaired) electrons. The molecule has 2 N–H and O–H groups in total. The molecule has 0 aliphatic carbocycles. The van der Waals surface area contributed by atoms with Crippen molar-refractivity contribution in [2.24, 2.45) is 0 Å². The average molecular weight is 258 g/mol. The fourth-order valence-corrected chi connectivity index (χ4v) is 2.84. The Balaban J connectivity index is 1.93. The zero-order valence-corrected chi connectivity index (χ0v) is 11.0. The first kappa shape index (κ1) is 12.2. The summed E-state index contributed by atoms with van der Waals surface area (Å²) in [5.41, 5.74) is 0.908. The molecule has 4 nitrogen and oxygen atoms in total. The van der Waals surface area contributed by atoms with E-state index in [-0.39, 0.29) is 5.91 Å². The Morgan fingerprint density at radius 2 is 2.26 bits per heavy atom. The molecule has 100 valence electrons. The molecule has 0 saturated carbocycles. The van der Waals surface area contributed by atoms with Crippen molar-refractivity contribution in [2.45, 2.75) is 25.4 Å². The molecule has 1 unspecified atom stereocenters. The van der Waals surface area contributed by atoms with Crippen LogP contribution in [0.3, 0.4) is 0 Å². The Morgan fingerprint density at radius 3 is 3.05 bits per heavy atom. The summed E-state index contributed by atoms with van der Waals surface area (Å²) in [6.07, 6.45) is 3.45. The molecule has 19 heavy (non-hydrogen) atoms. The van der Waals surface area contributed by atoms with Crippen molar-refractivity contribution in [3.05, 3.63) is 36.0 Å². The molecule has 0 spiro atoms. The van der Waals surface area contributed by atoms with Gasteiger partial charge in [-0.2, -0.15) is 0 Å². The van der Waals surface area contributed by atoms with Crippen LogP contribution in [0.15, 0.2) is 30.5 Å². The van der Waals surface area contributed by atoms with Gasteiger partial charge < -0.3 is 15.0 Å². The fourth-order valence-electron chi connectivity index (χ4n) is 2.84.